The Labute approximate surface area is 135 Å². The quantitative estimate of drug-likeness (QED) is 0.648. The summed E-state index contributed by atoms with van der Waals surface area (Å²) in [7, 11) is 0. The molecule has 0 heterocycles. The molecule has 5 nitrogen and oxygen atoms in total. The van der Waals surface area contributed by atoms with Crippen molar-refractivity contribution in [3.05, 3.63) is 69.7 Å². The van der Waals surface area contributed by atoms with Crippen LogP contribution in [0.25, 0.3) is 0 Å². The summed E-state index contributed by atoms with van der Waals surface area (Å²) >= 11 is 3.30. The van der Waals surface area contributed by atoms with E-state index in [1.807, 2.05) is 6.07 Å². The van der Waals surface area contributed by atoms with Crippen LogP contribution >= 0.6 is 15.9 Å². The lowest BCUT2D eigenvalue weighted by molar-refractivity contribution is 0.0696. The number of aromatic carboxylic acids is 1. The Hall–Kier alpha value is -2.47. The molecule has 0 bridgehead atoms. The van der Waals surface area contributed by atoms with Crippen molar-refractivity contribution in [1.29, 1.82) is 0 Å². The number of nitrogens with one attached hydrogen (secondary N) is 1. The number of nitrogens with zero attached hydrogens (tertiary/aromatic N) is 1. The van der Waals surface area contributed by atoms with Gasteiger partial charge in [0.05, 0.1) is 11.3 Å². The van der Waals surface area contributed by atoms with E-state index >= 15 is 0 Å². The van der Waals surface area contributed by atoms with Crippen molar-refractivity contribution in [3.8, 4) is 0 Å². The third kappa shape index (κ3) is 4.02. The Morgan fingerprint density at radius 1 is 1.05 bits per heavy atom. The lowest BCUT2D eigenvalue weighted by atomic mass is 10.1. The van der Waals surface area contributed by atoms with Crippen LogP contribution in [0.1, 0.15) is 33.2 Å². The predicted octanol–water partition coefficient (Wildman–Crippen LogP) is 3.30. The van der Waals surface area contributed by atoms with Crippen molar-refractivity contribution < 1.29 is 14.7 Å². The molecule has 2 aromatic carbocycles. The zero-order valence-corrected chi connectivity index (χ0v) is 13.3. The molecule has 22 heavy (non-hydrogen) atoms. The number of carboxylic acid groups (broad SMARTS) is 1. The van der Waals surface area contributed by atoms with Gasteiger partial charge in [-0.25, -0.2) is 10.2 Å². The van der Waals surface area contributed by atoms with Crippen LogP contribution < -0.4 is 5.43 Å². The summed E-state index contributed by atoms with van der Waals surface area (Å²) in [6.45, 7) is 1.73. The number of hydrogen-bond donors (Lipinski definition) is 2. The van der Waals surface area contributed by atoms with E-state index in [4.69, 9.17) is 5.11 Å². The van der Waals surface area contributed by atoms with Gasteiger partial charge in [-0.1, -0.05) is 34.1 Å². The van der Waals surface area contributed by atoms with Crippen LogP contribution in [-0.2, 0) is 0 Å². The highest BCUT2D eigenvalue weighted by atomic mass is 79.9. The maximum atomic E-state index is 12.0. The Kier molecular flexibility index (Phi) is 5.06. The molecule has 0 aliphatic heterocycles. The molecule has 0 spiro atoms. The molecule has 112 valence electrons. The number of hydrogen-bond acceptors (Lipinski definition) is 3. The molecule has 0 saturated heterocycles. The van der Waals surface area contributed by atoms with Gasteiger partial charge in [0.1, 0.15) is 0 Å². The minimum absolute atomic E-state index is 0.203. The highest BCUT2D eigenvalue weighted by Crippen LogP contribution is 2.11. The van der Waals surface area contributed by atoms with E-state index in [9.17, 15) is 9.59 Å². The fraction of sp³-hybridized carbons (Fsp3) is 0.0625. The van der Waals surface area contributed by atoms with Crippen molar-refractivity contribution >= 4 is 33.5 Å². The van der Waals surface area contributed by atoms with Gasteiger partial charge in [0.15, 0.2) is 0 Å². The third-order valence-corrected chi connectivity index (χ3v) is 3.45. The molecular formula is C16H13BrN2O3. The van der Waals surface area contributed by atoms with Gasteiger partial charge in [-0.3, -0.25) is 4.79 Å². The molecule has 0 atom stereocenters. The first-order chi connectivity index (χ1) is 10.5. The van der Waals surface area contributed by atoms with Crippen LogP contribution in [0.2, 0.25) is 0 Å². The summed E-state index contributed by atoms with van der Waals surface area (Å²) in [5.41, 5.74) is 4.49. The Bertz CT molecular complexity index is 739. The lowest BCUT2D eigenvalue weighted by Gasteiger charge is -2.04. The first-order valence-corrected chi connectivity index (χ1v) is 7.20. The highest BCUT2D eigenvalue weighted by molar-refractivity contribution is 9.10. The molecule has 0 radical (unpaired) electrons. The minimum atomic E-state index is -0.982. The van der Waals surface area contributed by atoms with E-state index in [0.29, 0.717) is 11.3 Å². The lowest BCUT2D eigenvalue weighted by Crippen LogP contribution is -2.19. The van der Waals surface area contributed by atoms with E-state index in [1.165, 1.54) is 12.1 Å². The number of halogens is 1. The number of carbonyl (C=O) groups is 2. The predicted molar refractivity (Wildman–Crippen MR) is 87.2 cm³/mol. The number of carboxylic acids is 1. The van der Waals surface area contributed by atoms with E-state index in [0.717, 1.165) is 10.0 Å². The van der Waals surface area contributed by atoms with Crippen LogP contribution in [0.15, 0.2) is 58.1 Å². The SMILES string of the molecule is C/C(=N\NC(=O)c1cccc(Br)c1)c1ccc(C(=O)O)cc1. The summed E-state index contributed by atoms with van der Waals surface area (Å²) in [5.74, 6) is -1.30. The van der Waals surface area contributed by atoms with E-state index in [-0.39, 0.29) is 11.5 Å². The second-order valence-electron chi connectivity index (χ2n) is 4.53. The molecule has 0 aliphatic carbocycles. The molecule has 0 fully saturated rings. The molecule has 6 heteroatoms. The smallest absolute Gasteiger partial charge is 0.335 e. The zero-order chi connectivity index (χ0) is 16.1. The number of rotatable bonds is 4. The van der Waals surface area contributed by atoms with Crippen LogP contribution in [-0.4, -0.2) is 22.7 Å². The highest BCUT2D eigenvalue weighted by Gasteiger charge is 2.06. The molecule has 1 amide bonds. The summed E-state index contributed by atoms with van der Waals surface area (Å²) in [6, 6.07) is 13.3. The maximum Gasteiger partial charge on any atom is 0.335 e. The van der Waals surface area contributed by atoms with Gasteiger partial charge in [-0.2, -0.15) is 5.10 Å². The second kappa shape index (κ2) is 7.00. The largest absolute Gasteiger partial charge is 0.478 e. The van der Waals surface area contributed by atoms with E-state index in [2.05, 4.69) is 26.5 Å². The molecular weight excluding hydrogens is 348 g/mol. The summed E-state index contributed by atoms with van der Waals surface area (Å²) in [5, 5.41) is 12.9. The van der Waals surface area contributed by atoms with Gasteiger partial charge < -0.3 is 5.11 Å². The van der Waals surface area contributed by atoms with Crippen molar-refractivity contribution in [2.45, 2.75) is 6.92 Å². The fourth-order valence-electron chi connectivity index (χ4n) is 1.75. The summed E-state index contributed by atoms with van der Waals surface area (Å²) in [6.07, 6.45) is 0. The monoisotopic (exact) mass is 360 g/mol. The molecule has 2 N–H and O–H groups in total. The molecule has 2 rings (SSSR count). The van der Waals surface area contributed by atoms with Gasteiger partial charge >= 0.3 is 5.97 Å². The first kappa shape index (κ1) is 15.9. The number of carbonyl (C=O) groups excluding carboxylic acids is 1. The number of amides is 1. The third-order valence-electron chi connectivity index (χ3n) is 2.96. The molecule has 0 aromatic heterocycles. The van der Waals surface area contributed by atoms with E-state index < -0.39 is 5.97 Å². The van der Waals surface area contributed by atoms with Gasteiger partial charge in [-0.05, 0) is 42.8 Å². The van der Waals surface area contributed by atoms with Crippen molar-refractivity contribution in [3.63, 3.8) is 0 Å². The van der Waals surface area contributed by atoms with Crippen LogP contribution in [0.4, 0.5) is 0 Å². The van der Waals surface area contributed by atoms with Gasteiger partial charge in [0, 0.05) is 10.0 Å². The minimum Gasteiger partial charge on any atom is -0.478 e. The topological polar surface area (TPSA) is 78.8 Å². The van der Waals surface area contributed by atoms with E-state index in [1.54, 1.807) is 37.3 Å². The van der Waals surface area contributed by atoms with Gasteiger partial charge in [0.25, 0.3) is 5.91 Å². The first-order valence-electron chi connectivity index (χ1n) is 6.41. The summed E-state index contributed by atoms with van der Waals surface area (Å²) in [4.78, 5) is 22.7. The zero-order valence-electron chi connectivity index (χ0n) is 11.7. The molecule has 2 aromatic rings. The fourth-order valence-corrected chi connectivity index (χ4v) is 2.15. The standard InChI is InChI=1S/C16H13BrN2O3/c1-10(11-5-7-12(8-6-11)16(21)22)18-19-15(20)13-3-2-4-14(17)9-13/h2-9H,1H3,(H,19,20)(H,21,22)/b18-10+. The Morgan fingerprint density at radius 3 is 2.27 bits per heavy atom. The van der Waals surface area contributed by atoms with Crippen molar-refractivity contribution in [2.24, 2.45) is 5.10 Å². The maximum absolute atomic E-state index is 12.0. The Balaban J connectivity index is 2.09. The van der Waals surface area contributed by atoms with Crippen molar-refractivity contribution in [1.82, 2.24) is 5.43 Å². The van der Waals surface area contributed by atoms with Gasteiger partial charge in [-0.15, -0.1) is 0 Å². The van der Waals surface area contributed by atoms with Gasteiger partial charge in [0.2, 0.25) is 0 Å². The average Bonchev–Trinajstić information content (AvgIpc) is 2.52. The normalized spacial score (nSPS) is 11.1. The molecule has 0 unspecified atom stereocenters. The molecule has 0 saturated carbocycles. The second-order valence-corrected chi connectivity index (χ2v) is 5.45. The van der Waals surface area contributed by atoms with Crippen LogP contribution in [0.5, 0.6) is 0 Å². The number of hydrazone groups is 1. The Morgan fingerprint density at radius 2 is 1.68 bits per heavy atom. The van der Waals surface area contributed by atoms with Crippen molar-refractivity contribution in [2.75, 3.05) is 0 Å². The van der Waals surface area contributed by atoms with Crippen LogP contribution in [0.3, 0.4) is 0 Å². The number of benzene rings is 2. The van der Waals surface area contributed by atoms with Crippen LogP contribution in [0, 0.1) is 0 Å². The average molecular weight is 361 g/mol. The summed E-state index contributed by atoms with van der Waals surface area (Å²) < 4.78 is 0.810. The molecule has 0 aliphatic rings.